The van der Waals surface area contributed by atoms with Crippen molar-refractivity contribution in [3.63, 3.8) is 0 Å². The van der Waals surface area contributed by atoms with Crippen LogP contribution < -0.4 is 5.73 Å². The van der Waals surface area contributed by atoms with E-state index in [0.29, 0.717) is 26.1 Å². The van der Waals surface area contributed by atoms with Crippen molar-refractivity contribution in [3.8, 4) is 5.75 Å². The first kappa shape index (κ1) is 16.0. The molecule has 0 atom stereocenters. The molecule has 0 unspecified atom stereocenters. The van der Waals surface area contributed by atoms with Crippen LogP contribution in [0.3, 0.4) is 0 Å². The molecule has 1 aromatic rings. The minimum Gasteiger partial charge on any atom is -0.506 e. The predicted molar refractivity (Wildman–Crippen MR) is 77.3 cm³/mol. The van der Waals surface area contributed by atoms with Crippen LogP contribution in [-0.2, 0) is 14.8 Å². The van der Waals surface area contributed by atoms with Crippen molar-refractivity contribution in [1.82, 2.24) is 4.31 Å². The van der Waals surface area contributed by atoms with Gasteiger partial charge in [-0.1, -0.05) is 0 Å². The lowest BCUT2D eigenvalue weighted by atomic mass is 9.95. The third-order valence-corrected chi connectivity index (χ3v) is 5.45. The largest absolute Gasteiger partial charge is 0.506 e. The highest BCUT2D eigenvalue weighted by Crippen LogP contribution is 2.27. The molecule has 0 aliphatic carbocycles. The summed E-state index contributed by atoms with van der Waals surface area (Å²) in [6, 6.07) is 3.72. The fourth-order valence-electron chi connectivity index (χ4n) is 2.28. The fraction of sp³-hybridized carbons (Fsp3) is 0.538. The van der Waals surface area contributed by atoms with Crippen molar-refractivity contribution in [1.29, 1.82) is 0 Å². The molecule has 8 heteroatoms. The second-order valence-electron chi connectivity index (χ2n) is 5.32. The molecule has 1 saturated heterocycles. The molecule has 2 rings (SSSR count). The molecule has 21 heavy (non-hydrogen) atoms. The minimum atomic E-state index is -3.77. The van der Waals surface area contributed by atoms with E-state index in [4.69, 9.17) is 10.5 Å². The maximum absolute atomic E-state index is 12.5. The van der Waals surface area contributed by atoms with E-state index in [1.165, 1.54) is 25.2 Å². The van der Waals surface area contributed by atoms with Crippen molar-refractivity contribution >= 4 is 15.7 Å². The Labute approximate surface area is 124 Å². The molecule has 1 heterocycles. The van der Waals surface area contributed by atoms with Gasteiger partial charge in [0.25, 0.3) is 0 Å². The standard InChI is InChI=1S/C13H20N2O5S/c1-15(9-13(17)4-6-20-7-5-13)21(18,19)10-2-3-12(16)11(14)8-10/h2-3,8,16-17H,4-7,9,14H2,1H3. The number of aliphatic hydroxyl groups is 1. The van der Waals surface area contributed by atoms with Crippen LogP contribution in [0.15, 0.2) is 23.1 Å². The molecule has 1 aliphatic heterocycles. The molecule has 1 aliphatic rings. The van der Waals surface area contributed by atoms with Gasteiger partial charge >= 0.3 is 0 Å². The number of phenols is 1. The van der Waals surface area contributed by atoms with Crippen molar-refractivity contribution in [2.24, 2.45) is 0 Å². The normalized spacial score (nSPS) is 18.8. The van der Waals surface area contributed by atoms with Crippen LogP contribution in [0.1, 0.15) is 12.8 Å². The first-order valence-corrected chi connectivity index (χ1v) is 8.04. The Morgan fingerprint density at radius 3 is 2.57 bits per heavy atom. The number of nitrogens with two attached hydrogens (primary N) is 1. The van der Waals surface area contributed by atoms with Crippen LogP contribution in [0.5, 0.6) is 5.75 Å². The topological polar surface area (TPSA) is 113 Å². The number of benzene rings is 1. The van der Waals surface area contributed by atoms with Crippen LogP contribution in [0, 0.1) is 0 Å². The van der Waals surface area contributed by atoms with Gasteiger partial charge in [0.05, 0.1) is 16.2 Å². The average Bonchev–Trinajstić information content (AvgIpc) is 2.42. The van der Waals surface area contributed by atoms with Gasteiger partial charge in [-0.3, -0.25) is 0 Å². The van der Waals surface area contributed by atoms with E-state index in [-0.39, 0.29) is 22.9 Å². The Balaban J connectivity index is 2.20. The number of nitrogen functional groups attached to an aromatic ring is 1. The van der Waals surface area contributed by atoms with Crippen molar-refractivity contribution in [2.75, 3.05) is 32.5 Å². The zero-order valence-corrected chi connectivity index (χ0v) is 12.6. The molecule has 0 aromatic heterocycles. The Morgan fingerprint density at radius 1 is 1.38 bits per heavy atom. The molecule has 0 bridgehead atoms. The monoisotopic (exact) mass is 316 g/mol. The maximum atomic E-state index is 12.5. The molecular weight excluding hydrogens is 296 g/mol. The van der Waals surface area contributed by atoms with Crippen LogP contribution >= 0.6 is 0 Å². The highest BCUT2D eigenvalue weighted by Gasteiger charge is 2.35. The van der Waals surface area contributed by atoms with Crippen LogP contribution in [0.4, 0.5) is 5.69 Å². The summed E-state index contributed by atoms with van der Waals surface area (Å²) in [6.07, 6.45) is 0.787. The van der Waals surface area contributed by atoms with Gasteiger partial charge in [-0.05, 0) is 18.2 Å². The van der Waals surface area contributed by atoms with Gasteiger partial charge in [0, 0.05) is 39.6 Å². The van der Waals surface area contributed by atoms with Gasteiger partial charge in [-0.2, -0.15) is 4.31 Å². The van der Waals surface area contributed by atoms with Gasteiger partial charge in [0.1, 0.15) is 5.75 Å². The zero-order valence-electron chi connectivity index (χ0n) is 11.8. The first-order valence-electron chi connectivity index (χ1n) is 6.60. The van der Waals surface area contributed by atoms with E-state index in [2.05, 4.69) is 0 Å². The number of phenolic OH excluding ortho intramolecular Hbond substituents is 1. The Morgan fingerprint density at radius 2 is 2.00 bits per heavy atom. The number of nitrogens with zero attached hydrogens (tertiary/aromatic N) is 1. The van der Waals surface area contributed by atoms with Crippen LogP contribution in [0.2, 0.25) is 0 Å². The summed E-state index contributed by atoms with van der Waals surface area (Å²) in [7, 11) is -2.37. The third-order valence-electron chi connectivity index (χ3n) is 3.65. The zero-order chi connectivity index (χ0) is 15.7. The molecule has 4 N–H and O–H groups in total. The molecule has 0 saturated carbocycles. The lowest BCUT2D eigenvalue weighted by Crippen LogP contribution is -2.47. The summed E-state index contributed by atoms with van der Waals surface area (Å²) in [4.78, 5) is -0.0176. The summed E-state index contributed by atoms with van der Waals surface area (Å²) < 4.78 is 31.2. The Hall–Kier alpha value is -1.35. The smallest absolute Gasteiger partial charge is 0.242 e. The average molecular weight is 316 g/mol. The van der Waals surface area contributed by atoms with E-state index in [1.807, 2.05) is 0 Å². The Kier molecular flexibility index (Phi) is 4.43. The summed E-state index contributed by atoms with van der Waals surface area (Å²) in [5.41, 5.74) is 4.44. The summed E-state index contributed by atoms with van der Waals surface area (Å²) in [5, 5.41) is 19.8. The van der Waals surface area contributed by atoms with E-state index >= 15 is 0 Å². The first-order chi connectivity index (χ1) is 9.74. The summed E-state index contributed by atoms with van der Waals surface area (Å²) in [6.45, 7) is 0.812. The van der Waals surface area contributed by atoms with Crippen LogP contribution in [-0.4, -0.2) is 55.3 Å². The highest BCUT2D eigenvalue weighted by atomic mass is 32.2. The predicted octanol–water partition coefficient (Wildman–Crippen LogP) is 0.136. The van der Waals surface area contributed by atoms with Crippen molar-refractivity contribution in [2.45, 2.75) is 23.3 Å². The molecule has 0 radical (unpaired) electrons. The molecule has 0 amide bonds. The molecular formula is C13H20N2O5S. The minimum absolute atomic E-state index is 0.00532. The molecule has 1 fully saturated rings. The lowest BCUT2D eigenvalue weighted by Gasteiger charge is -2.35. The molecule has 7 nitrogen and oxygen atoms in total. The number of hydrogen-bond donors (Lipinski definition) is 3. The van der Waals surface area contributed by atoms with E-state index in [1.54, 1.807) is 0 Å². The lowest BCUT2D eigenvalue weighted by molar-refractivity contribution is -0.0689. The van der Waals surface area contributed by atoms with Gasteiger partial charge in [0.2, 0.25) is 10.0 Å². The summed E-state index contributed by atoms with van der Waals surface area (Å²) in [5.74, 6) is -0.167. The number of rotatable bonds is 4. The maximum Gasteiger partial charge on any atom is 0.242 e. The molecule has 118 valence electrons. The van der Waals surface area contributed by atoms with Crippen molar-refractivity contribution in [3.05, 3.63) is 18.2 Å². The molecule has 0 spiro atoms. The number of ether oxygens (including phenoxy) is 1. The number of anilines is 1. The Bertz CT molecular complexity index is 611. The van der Waals surface area contributed by atoms with Gasteiger partial charge in [-0.25, -0.2) is 8.42 Å². The number of aromatic hydroxyl groups is 1. The van der Waals surface area contributed by atoms with Crippen LogP contribution in [0.25, 0.3) is 0 Å². The van der Waals surface area contributed by atoms with Gasteiger partial charge < -0.3 is 20.7 Å². The fourth-order valence-corrected chi connectivity index (χ4v) is 3.57. The third kappa shape index (κ3) is 3.46. The van der Waals surface area contributed by atoms with Crippen molar-refractivity contribution < 1.29 is 23.4 Å². The van der Waals surface area contributed by atoms with E-state index < -0.39 is 15.6 Å². The quantitative estimate of drug-likeness (QED) is 0.538. The number of likely N-dealkylation sites (N-methyl/N-ethyl adjacent to an activating group) is 1. The van der Waals surface area contributed by atoms with E-state index in [9.17, 15) is 18.6 Å². The van der Waals surface area contributed by atoms with Gasteiger partial charge in [-0.15, -0.1) is 0 Å². The highest BCUT2D eigenvalue weighted by molar-refractivity contribution is 7.89. The SMILES string of the molecule is CN(CC1(O)CCOCC1)S(=O)(=O)c1ccc(O)c(N)c1. The van der Waals surface area contributed by atoms with E-state index in [0.717, 1.165) is 4.31 Å². The summed E-state index contributed by atoms with van der Waals surface area (Å²) >= 11 is 0. The second kappa shape index (κ2) is 5.80. The number of sulfonamides is 1. The second-order valence-corrected chi connectivity index (χ2v) is 7.36. The molecule has 1 aromatic carbocycles. The number of hydrogen-bond acceptors (Lipinski definition) is 6. The van der Waals surface area contributed by atoms with Gasteiger partial charge in [0.15, 0.2) is 0 Å².